The first-order valence-corrected chi connectivity index (χ1v) is 17.0. The maximum absolute atomic E-state index is 13.9. The Morgan fingerprint density at radius 1 is 0.932 bits per heavy atom. The molecule has 0 unspecified atom stereocenters. The van der Waals surface area contributed by atoms with E-state index in [4.69, 9.17) is 9.40 Å². The minimum atomic E-state index is -0.909. The van der Waals surface area contributed by atoms with Crippen LogP contribution in [0.4, 0.5) is 0 Å². The number of aryl methyl sites for hydroxylation is 2. The monoisotopic (exact) mass is 609 g/mol. The van der Waals surface area contributed by atoms with Crippen molar-refractivity contribution in [3.63, 3.8) is 0 Å². The Hall–Kier alpha value is -3.78. The van der Waals surface area contributed by atoms with Crippen molar-refractivity contribution < 1.29 is 19.1 Å². The molecule has 5 aromatic rings. The van der Waals surface area contributed by atoms with Crippen LogP contribution in [-0.4, -0.2) is 31.4 Å². The summed E-state index contributed by atoms with van der Waals surface area (Å²) in [6, 6.07) is 12.2. The van der Waals surface area contributed by atoms with Gasteiger partial charge in [-0.2, -0.15) is 0 Å². The SMILES string of the molecule is Cc1nc(C)c(-c2ccc3cc(-c4c(C5CCCCC5)c5sc(C(=O)O)cc5n4CC(=O)C4CCCCCC4)ccc3n2)o1. The van der Waals surface area contributed by atoms with Crippen molar-refractivity contribution >= 4 is 44.2 Å². The van der Waals surface area contributed by atoms with Crippen LogP contribution < -0.4 is 0 Å². The molecule has 2 fully saturated rings. The van der Waals surface area contributed by atoms with Crippen LogP contribution in [0.1, 0.15) is 103 Å². The average molecular weight is 610 g/mol. The van der Waals surface area contributed by atoms with E-state index < -0.39 is 5.97 Å². The number of ketones is 1. The number of nitrogens with zero attached hydrogens (tertiary/aromatic N) is 3. The molecule has 7 rings (SSSR count). The number of carbonyl (C=O) groups excluding carboxylic acids is 1. The van der Waals surface area contributed by atoms with Crippen LogP contribution in [-0.2, 0) is 11.3 Å². The predicted molar refractivity (Wildman–Crippen MR) is 175 cm³/mol. The number of hydrogen-bond acceptors (Lipinski definition) is 6. The summed E-state index contributed by atoms with van der Waals surface area (Å²) in [7, 11) is 0. The first-order valence-electron chi connectivity index (χ1n) is 16.1. The molecule has 0 radical (unpaired) electrons. The molecule has 44 heavy (non-hydrogen) atoms. The van der Waals surface area contributed by atoms with Crippen LogP contribution >= 0.6 is 11.3 Å². The number of pyridine rings is 1. The maximum Gasteiger partial charge on any atom is 0.345 e. The van der Waals surface area contributed by atoms with Crippen LogP contribution in [0, 0.1) is 19.8 Å². The molecule has 4 aromatic heterocycles. The second-order valence-electron chi connectivity index (χ2n) is 12.7. The Bertz CT molecular complexity index is 1870. The number of hydrogen-bond donors (Lipinski definition) is 1. The van der Waals surface area contributed by atoms with Gasteiger partial charge in [0.25, 0.3) is 0 Å². The molecule has 0 saturated heterocycles. The normalized spacial score (nSPS) is 17.0. The largest absolute Gasteiger partial charge is 0.477 e. The van der Waals surface area contributed by atoms with Crippen LogP contribution in [0.5, 0.6) is 0 Å². The molecule has 228 valence electrons. The minimum absolute atomic E-state index is 0.0703. The van der Waals surface area contributed by atoms with Crippen LogP contribution in [0.3, 0.4) is 0 Å². The second kappa shape index (κ2) is 12.0. The molecule has 0 atom stereocenters. The number of aromatic nitrogens is 3. The van der Waals surface area contributed by atoms with E-state index in [2.05, 4.69) is 33.8 Å². The molecule has 1 aromatic carbocycles. The number of rotatable bonds is 7. The van der Waals surface area contributed by atoms with Crippen molar-refractivity contribution in [3.8, 4) is 22.7 Å². The molecule has 0 amide bonds. The fourth-order valence-electron chi connectivity index (χ4n) is 7.55. The number of benzene rings is 1. The molecular formula is C36H39N3O4S. The third-order valence-corrected chi connectivity index (χ3v) is 10.9. The van der Waals surface area contributed by atoms with E-state index in [9.17, 15) is 14.7 Å². The molecule has 8 heteroatoms. The van der Waals surface area contributed by atoms with E-state index in [0.29, 0.717) is 22.4 Å². The summed E-state index contributed by atoms with van der Waals surface area (Å²) >= 11 is 1.37. The van der Waals surface area contributed by atoms with Crippen LogP contribution in [0.25, 0.3) is 43.8 Å². The summed E-state index contributed by atoms with van der Waals surface area (Å²) < 4.78 is 9.03. The molecule has 4 heterocycles. The maximum atomic E-state index is 13.9. The lowest BCUT2D eigenvalue weighted by atomic mass is 9.83. The highest BCUT2D eigenvalue weighted by molar-refractivity contribution is 7.21. The summed E-state index contributed by atoms with van der Waals surface area (Å²) in [6.45, 7) is 4.05. The highest BCUT2D eigenvalue weighted by Crippen LogP contribution is 2.47. The van der Waals surface area contributed by atoms with Crippen molar-refractivity contribution in [1.82, 2.24) is 14.5 Å². The van der Waals surface area contributed by atoms with Crippen LogP contribution in [0.15, 0.2) is 40.8 Å². The van der Waals surface area contributed by atoms with E-state index in [1.807, 2.05) is 19.9 Å². The number of Topliss-reactive ketones (excluding diaryl/α,β-unsaturated/α-hetero) is 1. The van der Waals surface area contributed by atoms with Gasteiger partial charge in [-0.15, -0.1) is 11.3 Å². The van der Waals surface area contributed by atoms with Crippen molar-refractivity contribution in [2.45, 2.75) is 96.9 Å². The number of carboxylic acid groups (broad SMARTS) is 1. The molecule has 0 aliphatic heterocycles. The third-order valence-electron chi connectivity index (χ3n) is 9.72. The van der Waals surface area contributed by atoms with E-state index in [0.717, 1.165) is 82.3 Å². The first kappa shape index (κ1) is 29.0. The zero-order chi connectivity index (χ0) is 30.4. The first-order chi connectivity index (χ1) is 21.4. The van der Waals surface area contributed by atoms with E-state index in [1.54, 1.807) is 6.07 Å². The molecule has 2 saturated carbocycles. The van der Waals surface area contributed by atoms with Crippen molar-refractivity contribution in [2.24, 2.45) is 5.92 Å². The number of aromatic carboxylic acids is 1. The summed E-state index contributed by atoms with van der Waals surface area (Å²) in [4.78, 5) is 35.7. The molecule has 2 aliphatic rings. The van der Waals surface area contributed by atoms with E-state index >= 15 is 0 Å². The van der Waals surface area contributed by atoms with Crippen molar-refractivity contribution in [2.75, 3.05) is 0 Å². The number of thiophene rings is 1. The third kappa shape index (κ3) is 5.38. The lowest BCUT2D eigenvalue weighted by molar-refractivity contribution is -0.123. The Labute approximate surface area is 261 Å². The van der Waals surface area contributed by atoms with Gasteiger partial charge in [-0.3, -0.25) is 4.79 Å². The van der Waals surface area contributed by atoms with Gasteiger partial charge in [-0.1, -0.05) is 57.1 Å². The Morgan fingerprint density at radius 3 is 2.36 bits per heavy atom. The molecular weight excluding hydrogens is 570 g/mol. The van der Waals surface area contributed by atoms with E-state index in [-0.39, 0.29) is 18.2 Å². The fraction of sp³-hybridized carbons (Fsp3) is 0.444. The molecule has 1 N–H and O–H groups in total. The minimum Gasteiger partial charge on any atom is -0.477 e. The number of carbonyl (C=O) groups is 2. The van der Waals surface area contributed by atoms with Crippen molar-refractivity contribution in [3.05, 3.63) is 58.4 Å². The smallest absolute Gasteiger partial charge is 0.345 e. The quantitative estimate of drug-likeness (QED) is 0.185. The summed E-state index contributed by atoms with van der Waals surface area (Å²) in [5, 5.41) is 11.0. The van der Waals surface area contributed by atoms with Gasteiger partial charge in [0.1, 0.15) is 10.6 Å². The number of carboxylic acids is 1. The lowest BCUT2D eigenvalue weighted by Gasteiger charge is -2.24. The summed E-state index contributed by atoms with van der Waals surface area (Å²) in [6.07, 6.45) is 12.2. The Kier molecular flexibility index (Phi) is 7.87. The van der Waals surface area contributed by atoms with Crippen LogP contribution in [0.2, 0.25) is 0 Å². The van der Waals surface area contributed by atoms with Gasteiger partial charge in [0.05, 0.1) is 33.7 Å². The van der Waals surface area contributed by atoms with Gasteiger partial charge in [0, 0.05) is 18.2 Å². The molecule has 7 nitrogen and oxygen atoms in total. The van der Waals surface area contributed by atoms with Gasteiger partial charge in [-0.25, -0.2) is 14.8 Å². The lowest BCUT2D eigenvalue weighted by Crippen LogP contribution is -2.20. The standard InChI is InChI=1S/C36H39N3O4S/c1-21-34(43-22(2)37-21)28-17-14-25-18-26(15-16-27(25)38-28)33-32(24-12-8-5-9-13-24)35-29(19-31(44-35)36(41)42)39(33)20-30(40)23-10-6-3-4-7-11-23/h14-19,23-24H,3-13,20H2,1-2H3,(H,41,42). The highest BCUT2D eigenvalue weighted by Gasteiger charge is 2.31. The molecule has 0 spiro atoms. The van der Waals surface area contributed by atoms with Gasteiger partial charge in [0.2, 0.25) is 0 Å². The van der Waals surface area contributed by atoms with Gasteiger partial charge < -0.3 is 14.1 Å². The van der Waals surface area contributed by atoms with Gasteiger partial charge >= 0.3 is 5.97 Å². The van der Waals surface area contributed by atoms with E-state index in [1.165, 1.54) is 49.0 Å². The Morgan fingerprint density at radius 2 is 1.66 bits per heavy atom. The molecule has 0 bridgehead atoms. The Balaban J connectivity index is 1.38. The number of oxazole rings is 1. The zero-order valence-electron chi connectivity index (χ0n) is 25.5. The molecule has 2 aliphatic carbocycles. The summed E-state index contributed by atoms with van der Waals surface area (Å²) in [5.41, 5.74) is 6.67. The van der Waals surface area contributed by atoms with Gasteiger partial charge in [-0.05, 0) is 73.9 Å². The number of fused-ring (bicyclic) bond motifs is 2. The topological polar surface area (TPSA) is 98.2 Å². The zero-order valence-corrected chi connectivity index (χ0v) is 26.3. The average Bonchev–Trinajstić information content (AvgIpc) is 3.60. The fourth-order valence-corrected chi connectivity index (χ4v) is 8.68. The van der Waals surface area contributed by atoms with Gasteiger partial charge in [0.15, 0.2) is 17.4 Å². The second-order valence-corrected chi connectivity index (χ2v) is 13.8. The summed E-state index contributed by atoms with van der Waals surface area (Å²) in [5.74, 6) is 1.08. The highest BCUT2D eigenvalue weighted by atomic mass is 32.1. The predicted octanol–water partition coefficient (Wildman–Crippen LogP) is 9.48. The van der Waals surface area contributed by atoms with Crippen molar-refractivity contribution in [1.29, 1.82) is 0 Å².